The van der Waals surface area contributed by atoms with Crippen molar-refractivity contribution in [3.8, 4) is 39.5 Å². The molecule has 0 bridgehead atoms. The molecule has 0 saturated heterocycles. The lowest BCUT2D eigenvalue weighted by atomic mass is 9.80. The van der Waals surface area contributed by atoms with Gasteiger partial charge in [0.1, 0.15) is 0 Å². The van der Waals surface area contributed by atoms with E-state index in [1.807, 2.05) is 12.4 Å². The van der Waals surface area contributed by atoms with Gasteiger partial charge in [0.05, 0.1) is 28.4 Å². The van der Waals surface area contributed by atoms with Gasteiger partial charge in [-0.15, -0.1) is 0 Å². The van der Waals surface area contributed by atoms with Crippen LogP contribution in [0.5, 0.6) is 0 Å². The first kappa shape index (κ1) is 27.0. The van der Waals surface area contributed by atoms with Gasteiger partial charge >= 0.3 is 0 Å². The van der Waals surface area contributed by atoms with Crippen molar-refractivity contribution in [3.05, 3.63) is 157 Å². The molecule has 0 aliphatic heterocycles. The van der Waals surface area contributed by atoms with Crippen molar-refractivity contribution in [2.24, 2.45) is 0 Å². The summed E-state index contributed by atoms with van der Waals surface area (Å²) in [6, 6.07) is 47.4. The number of para-hydroxylation sites is 1. The smallest absolute Gasteiger partial charge is 0.235 e. The van der Waals surface area contributed by atoms with E-state index in [1.165, 1.54) is 49.5 Å². The topological polar surface area (TPSA) is 43.6 Å². The molecule has 0 amide bonds. The van der Waals surface area contributed by atoms with Gasteiger partial charge in [0.2, 0.25) is 5.95 Å². The van der Waals surface area contributed by atoms with Crippen LogP contribution in [-0.2, 0) is 5.41 Å². The highest BCUT2D eigenvalue weighted by atomic mass is 15.2. The Bertz CT molecular complexity index is 2740. The van der Waals surface area contributed by atoms with Crippen LogP contribution in [0.4, 0.5) is 0 Å². The average Bonchev–Trinajstić information content (AvgIpc) is 3.61. The third kappa shape index (κ3) is 3.68. The number of hydrogen-bond acceptors (Lipinski definition) is 3. The number of aromatic nitrogens is 4. The molecule has 6 aromatic carbocycles. The van der Waals surface area contributed by atoms with Gasteiger partial charge < -0.3 is 0 Å². The number of pyridine rings is 1. The molecule has 48 heavy (non-hydrogen) atoms. The zero-order valence-electron chi connectivity index (χ0n) is 26.6. The number of rotatable bonds is 3. The Morgan fingerprint density at radius 3 is 2.06 bits per heavy atom. The van der Waals surface area contributed by atoms with Crippen molar-refractivity contribution in [3.63, 3.8) is 0 Å². The van der Waals surface area contributed by atoms with Crippen LogP contribution >= 0.6 is 0 Å². The molecule has 0 atom stereocenters. The Balaban J connectivity index is 1.33. The van der Waals surface area contributed by atoms with Crippen molar-refractivity contribution in [1.82, 2.24) is 19.5 Å². The fraction of sp³-hybridized carbons (Fsp3) is 0.0682. The summed E-state index contributed by atoms with van der Waals surface area (Å²) in [7, 11) is 0. The molecular weight excluding hydrogens is 585 g/mol. The number of fused-ring (bicyclic) bond motifs is 11. The lowest BCUT2D eigenvalue weighted by molar-refractivity contribution is 0.664. The molecule has 1 aliphatic carbocycles. The SMILES string of the molecule is CC1(C)c2ccccc2-c2c1c1c(c3ccccc23)c2ccncc2n1-c1nc(-c2ccc(-c3ccccc3)cc2)c2ccccc2n1. The van der Waals surface area contributed by atoms with Gasteiger partial charge in [-0.05, 0) is 56.3 Å². The van der Waals surface area contributed by atoms with Gasteiger partial charge in [-0.1, -0.05) is 135 Å². The van der Waals surface area contributed by atoms with Crippen LogP contribution in [0.25, 0.3) is 82.9 Å². The molecule has 3 heterocycles. The molecule has 4 heteroatoms. The molecule has 0 unspecified atom stereocenters. The summed E-state index contributed by atoms with van der Waals surface area (Å²) in [5.41, 5.74) is 12.4. The summed E-state index contributed by atoms with van der Waals surface area (Å²) in [4.78, 5) is 15.4. The van der Waals surface area contributed by atoms with E-state index < -0.39 is 0 Å². The molecule has 3 aromatic heterocycles. The van der Waals surface area contributed by atoms with Crippen LogP contribution in [0.15, 0.2) is 146 Å². The van der Waals surface area contributed by atoms with E-state index in [4.69, 9.17) is 9.97 Å². The van der Waals surface area contributed by atoms with E-state index in [0.29, 0.717) is 5.95 Å². The molecule has 4 nitrogen and oxygen atoms in total. The van der Waals surface area contributed by atoms with Crippen LogP contribution < -0.4 is 0 Å². The maximum atomic E-state index is 5.44. The Labute approximate surface area is 278 Å². The largest absolute Gasteiger partial charge is 0.276 e. The standard InChI is InChI=1S/C44H30N4/c1-44(2)35-18-10-8-16-32(35)38-30-14-6-7-15-31(30)39-34-24-25-45-26-37(34)48(42(39)40(38)44)43-46-36-19-11-9-17-33(36)41(47-43)29-22-20-28(21-23-29)27-12-4-3-5-13-27/h3-26H,1-2H3. The molecule has 226 valence electrons. The normalized spacial score (nSPS) is 13.4. The molecule has 1 aliphatic rings. The zero-order valence-corrected chi connectivity index (χ0v) is 26.6. The third-order valence-corrected chi connectivity index (χ3v) is 10.3. The lowest BCUT2D eigenvalue weighted by Crippen LogP contribution is -2.17. The highest BCUT2D eigenvalue weighted by Crippen LogP contribution is 2.56. The molecule has 9 aromatic rings. The Hall–Kier alpha value is -6.13. The molecule has 0 N–H and O–H groups in total. The predicted molar refractivity (Wildman–Crippen MR) is 198 cm³/mol. The number of hydrogen-bond donors (Lipinski definition) is 0. The van der Waals surface area contributed by atoms with E-state index in [-0.39, 0.29) is 5.41 Å². The molecule has 0 spiro atoms. The van der Waals surface area contributed by atoms with E-state index >= 15 is 0 Å². The highest BCUT2D eigenvalue weighted by molar-refractivity contribution is 6.26. The van der Waals surface area contributed by atoms with Gasteiger partial charge in [0.25, 0.3) is 0 Å². The van der Waals surface area contributed by atoms with Crippen LogP contribution in [0.1, 0.15) is 25.0 Å². The van der Waals surface area contributed by atoms with E-state index in [9.17, 15) is 0 Å². The van der Waals surface area contributed by atoms with Crippen LogP contribution in [-0.4, -0.2) is 19.5 Å². The van der Waals surface area contributed by atoms with E-state index in [2.05, 4.69) is 157 Å². The Morgan fingerprint density at radius 1 is 0.562 bits per heavy atom. The van der Waals surface area contributed by atoms with Gasteiger partial charge in [-0.25, -0.2) is 9.97 Å². The lowest BCUT2D eigenvalue weighted by Gasteiger charge is -2.24. The van der Waals surface area contributed by atoms with Crippen molar-refractivity contribution < 1.29 is 0 Å². The van der Waals surface area contributed by atoms with E-state index in [0.717, 1.165) is 38.6 Å². The first-order valence-electron chi connectivity index (χ1n) is 16.5. The van der Waals surface area contributed by atoms with E-state index in [1.54, 1.807) is 0 Å². The van der Waals surface area contributed by atoms with Gasteiger partial charge in [-0.2, -0.15) is 0 Å². The van der Waals surface area contributed by atoms with Crippen LogP contribution in [0.2, 0.25) is 0 Å². The maximum absolute atomic E-state index is 5.44. The molecule has 0 saturated carbocycles. The second-order valence-electron chi connectivity index (χ2n) is 13.3. The summed E-state index contributed by atoms with van der Waals surface area (Å²) in [5, 5.41) is 5.89. The summed E-state index contributed by atoms with van der Waals surface area (Å²) >= 11 is 0. The van der Waals surface area contributed by atoms with Gasteiger partial charge in [-0.3, -0.25) is 9.55 Å². The van der Waals surface area contributed by atoms with Crippen molar-refractivity contribution in [2.75, 3.05) is 0 Å². The maximum Gasteiger partial charge on any atom is 0.235 e. The fourth-order valence-electron chi connectivity index (χ4n) is 8.13. The minimum atomic E-state index is -0.249. The van der Waals surface area contributed by atoms with Crippen molar-refractivity contribution in [1.29, 1.82) is 0 Å². The summed E-state index contributed by atoms with van der Waals surface area (Å²) < 4.78 is 2.28. The van der Waals surface area contributed by atoms with Crippen molar-refractivity contribution >= 4 is 43.5 Å². The quantitative estimate of drug-likeness (QED) is 0.199. The van der Waals surface area contributed by atoms with Gasteiger partial charge in [0, 0.05) is 33.3 Å². The number of benzene rings is 6. The molecule has 10 rings (SSSR count). The summed E-state index contributed by atoms with van der Waals surface area (Å²) in [5.74, 6) is 0.646. The molecular formula is C44H30N4. The van der Waals surface area contributed by atoms with Crippen LogP contribution in [0.3, 0.4) is 0 Å². The summed E-state index contributed by atoms with van der Waals surface area (Å²) in [6.07, 6.45) is 3.87. The molecule has 0 radical (unpaired) electrons. The van der Waals surface area contributed by atoms with Crippen LogP contribution in [0, 0.1) is 0 Å². The first-order chi connectivity index (χ1) is 23.6. The monoisotopic (exact) mass is 614 g/mol. The predicted octanol–water partition coefficient (Wildman–Crippen LogP) is 10.9. The average molecular weight is 615 g/mol. The van der Waals surface area contributed by atoms with Gasteiger partial charge in [0.15, 0.2) is 0 Å². The minimum Gasteiger partial charge on any atom is -0.276 e. The second-order valence-corrected chi connectivity index (χ2v) is 13.3. The fourth-order valence-corrected chi connectivity index (χ4v) is 8.13. The van der Waals surface area contributed by atoms with Crippen molar-refractivity contribution in [2.45, 2.75) is 19.3 Å². The number of nitrogens with zero attached hydrogens (tertiary/aromatic N) is 4. The zero-order chi connectivity index (χ0) is 32.0. The second kappa shape index (κ2) is 9.93. The summed E-state index contributed by atoms with van der Waals surface area (Å²) in [6.45, 7) is 4.71. The first-order valence-corrected chi connectivity index (χ1v) is 16.5. The third-order valence-electron chi connectivity index (χ3n) is 10.3. The highest BCUT2D eigenvalue weighted by Gasteiger charge is 2.40. The Morgan fingerprint density at radius 2 is 1.23 bits per heavy atom. The molecule has 0 fully saturated rings. The Kier molecular flexibility index (Phi) is 5.59. The minimum absolute atomic E-state index is 0.249.